The summed E-state index contributed by atoms with van der Waals surface area (Å²) in [5.74, 6) is 1.81. The molecule has 3 fully saturated rings. The van der Waals surface area contributed by atoms with Gasteiger partial charge in [0.1, 0.15) is 5.76 Å². The predicted molar refractivity (Wildman–Crippen MR) is 79.6 cm³/mol. The van der Waals surface area contributed by atoms with E-state index in [-0.39, 0.29) is 0 Å². The molecule has 1 aromatic heterocycles. The lowest BCUT2D eigenvalue weighted by Gasteiger charge is -2.30. The maximum absolute atomic E-state index is 12.7. The van der Waals surface area contributed by atoms with Crippen molar-refractivity contribution in [3.63, 3.8) is 0 Å². The van der Waals surface area contributed by atoms with E-state index in [4.69, 9.17) is 4.42 Å². The van der Waals surface area contributed by atoms with E-state index < -0.39 is 0 Å². The van der Waals surface area contributed by atoms with Crippen LogP contribution in [0.1, 0.15) is 50.7 Å². The smallest absolute Gasteiger partial charge is 0.223 e. The van der Waals surface area contributed by atoms with Crippen molar-refractivity contribution in [2.24, 2.45) is 5.92 Å². The van der Waals surface area contributed by atoms with Crippen LogP contribution in [0.2, 0.25) is 0 Å². The number of carbonyl (C=O) groups is 1. The van der Waals surface area contributed by atoms with E-state index in [0.29, 0.717) is 36.5 Å². The topological polar surface area (TPSA) is 45.5 Å². The van der Waals surface area contributed by atoms with E-state index in [2.05, 4.69) is 10.2 Å². The third-order valence-corrected chi connectivity index (χ3v) is 5.25. The number of fused-ring (bicyclic) bond motifs is 2. The Labute approximate surface area is 125 Å². The third kappa shape index (κ3) is 3.00. The molecule has 2 aliphatic heterocycles. The molecule has 2 atom stereocenters. The summed E-state index contributed by atoms with van der Waals surface area (Å²) in [4.78, 5) is 14.8. The zero-order valence-electron chi connectivity index (χ0n) is 12.5. The second kappa shape index (κ2) is 5.48. The van der Waals surface area contributed by atoms with Gasteiger partial charge in [-0.15, -0.1) is 0 Å². The minimum Gasteiger partial charge on any atom is -0.467 e. The summed E-state index contributed by atoms with van der Waals surface area (Å²) in [6, 6.07) is 5.66. The standard InChI is InChI=1S/C17H24N2O2/c20-17(10-12-8-13-3-4-14(9-12)18-13)19(15-5-6-15)11-16-2-1-7-21-16/h1-2,7,12-15,18H,3-6,8-11H2. The Morgan fingerprint density at radius 3 is 2.62 bits per heavy atom. The molecule has 2 unspecified atom stereocenters. The fraction of sp³-hybridized carbons (Fsp3) is 0.706. The van der Waals surface area contributed by atoms with Gasteiger partial charge in [0.2, 0.25) is 5.91 Å². The summed E-state index contributed by atoms with van der Waals surface area (Å²) in [7, 11) is 0. The number of furan rings is 1. The van der Waals surface area contributed by atoms with E-state index in [1.807, 2.05) is 12.1 Å². The van der Waals surface area contributed by atoms with Crippen LogP contribution in [0.15, 0.2) is 22.8 Å². The molecule has 4 rings (SSSR count). The third-order valence-electron chi connectivity index (χ3n) is 5.25. The maximum atomic E-state index is 12.7. The van der Waals surface area contributed by atoms with E-state index in [9.17, 15) is 4.79 Å². The van der Waals surface area contributed by atoms with Crippen LogP contribution in [-0.4, -0.2) is 28.9 Å². The minimum absolute atomic E-state index is 0.334. The van der Waals surface area contributed by atoms with Gasteiger partial charge in [-0.2, -0.15) is 0 Å². The van der Waals surface area contributed by atoms with Gasteiger partial charge >= 0.3 is 0 Å². The summed E-state index contributed by atoms with van der Waals surface area (Å²) in [6.07, 6.45) is 9.69. The Bertz CT molecular complexity index is 483. The number of piperidine rings is 1. The van der Waals surface area contributed by atoms with Gasteiger partial charge in [0.15, 0.2) is 0 Å². The Hall–Kier alpha value is -1.29. The maximum Gasteiger partial charge on any atom is 0.223 e. The number of carbonyl (C=O) groups excluding carboxylic acids is 1. The molecule has 1 aliphatic carbocycles. The van der Waals surface area contributed by atoms with E-state index in [1.54, 1.807) is 6.26 Å². The number of nitrogens with one attached hydrogen (secondary N) is 1. The first-order valence-electron chi connectivity index (χ1n) is 8.36. The molecule has 114 valence electrons. The number of hydrogen-bond donors (Lipinski definition) is 1. The highest BCUT2D eigenvalue weighted by Gasteiger charge is 2.37. The molecule has 1 aromatic rings. The van der Waals surface area contributed by atoms with Gasteiger partial charge in [0.25, 0.3) is 0 Å². The summed E-state index contributed by atoms with van der Waals surface area (Å²) < 4.78 is 5.42. The molecule has 1 saturated carbocycles. The minimum atomic E-state index is 0.334. The van der Waals surface area contributed by atoms with E-state index in [1.165, 1.54) is 25.7 Å². The molecule has 0 aromatic carbocycles. The Balaban J connectivity index is 1.38. The van der Waals surface area contributed by atoms with Crippen LogP contribution in [0.5, 0.6) is 0 Å². The average Bonchev–Trinajstić information content (AvgIpc) is 3.07. The second-order valence-electron chi connectivity index (χ2n) is 7.01. The molecule has 21 heavy (non-hydrogen) atoms. The molecule has 2 saturated heterocycles. The molecule has 4 heteroatoms. The van der Waals surface area contributed by atoms with Gasteiger partial charge < -0.3 is 14.6 Å². The van der Waals surface area contributed by atoms with Crippen LogP contribution in [0, 0.1) is 5.92 Å². The van der Waals surface area contributed by atoms with Gasteiger partial charge in [-0.3, -0.25) is 4.79 Å². The summed E-state index contributed by atoms with van der Waals surface area (Å²) >= 11 is 0. The fourth-order valence-corrected chi connectivity index (χ4v) is 4.08. The highest BCUT2D eigenvalue weighted by atomic mass is 16.3. The van der Waals surface area contributed by atoms with Crippen molar-refractivity contribution < 1.29 is 9.21 Å². The molecule has 1 amide bonds. The van der Waals surface area contributed by atoms with Crippen LogP contribution in [0.4, 0.5) is 0 Å². The lowest BCUT2D eigenvalue weighted by Crippen LogP contribution is -2.40. The zero-order chi connectivity index (χ0) is 14.2. The van der Waals surface area contributed by atoms with Gasteiger partial charge in [-0.05, 0) is 56.6 Å². The van der Waals surface area contributed by atoms with Gasteiger partial charge in [-0.25, -0.2) is 0 Å². The summed E-state index contributed by atoms with van der Waals surface area (Å²) in [6.45, 7) is 0.647. The monoisotopic (exact) mass is 288 g/mol. The highest BCUT2D eigenvalue weighted by molar-refractivity contribution is 5.77. The van der Waals surface area contributed by atoms with Crippen LogP contribution >= 0.6 is 0 Å². The van der Waals surface area contributed by atoms with Crippen molar-refractivity contribution in [2.45, 2.75) is 69.6 Å². The first kappa shape index (κ1) is 13.4. The molecule has 4 nitrogen and oxygen atoms in total. The molecule has 0 spiro atoms. The van der Waals surface area contributed by atoms with Crippen molar-refractivity contribution in [3.05, 3.63) is 24.2 Å². The molecule has 1 N–H and O–H groups in total. The molecule has 2 bridgehead atoms. The first-order valence-corrected chi connectivity index (χ1v) is 8.36. The Morgan fingerprint density at radius 2 is 2.00 bits per heavy atom. The van der Waals surface area contributed by atoms with Gasteiger partial charge in [0, 0.05) is 24.5 Å². The molecule has 3 heterocycles. The van der Waals surface area contributed by atoms with Crippen LogP contribution < -0.4 is 5.32 Å². The number of amides is 1. The van der Waals surface area contributed by atoms with E-state index in [0.717, 1.165) is 25.0 Å². The molecular weight excluding hydrogens is 264 g/mol. The van der Waals surface area contributed by atoms with Crippen LogP contribution in [0.25, 0.3) is 0 Å². The normalized spacial score (nSPS) is 31.3. The average molecular weight is 288 g/mol. The number of nitrogens with zero attached hydrogens (tertiary/aromatic N) is 1. The van der Waals surface area contributed by atoms with Crippen LogP contribution in [-0.2, 0) is 11.3 Å². The predicted octanol–water partition coefficient (Wildman–Crippen LogP) is 2.69. The van der Waals surface area contributed by atoms with Crippen molar-refractivity contribution in [1.82, 2.24) is 10.2 Å². The van der Waals surface area contributed by atoms with E-state index >= 15 is 0 Å². The fourth-order valence-electron chi connectivity index (χ4n) is 4.08. The van der Waals surface area contributed by atoms with Crippen LogP contribution in [0.3, 0.4) is 0 Å². The second-order valence-corrected chi connectivity index (χ2v) is 7.01. The van der Waals surface area contributed by atoms with Crippen molar-refractivity contribution in [2.75, 3.05) is 0 Å². The summed E-state index contributed by atoms with van der Waals surface area (Å²) in [5, 5.41) is 3.65. The lowest BCUT2D eigenvalue weighted by atomic mass is 9.89. The van der Waals surface area contributed by atoms with Gasteiger partial charge in [0.05, 0.1) is 12.8 Å². The number of hydrogen-bond acceptors (Lipinski definition) is 3. The number of rotatable bonds is 5. The zero-order valence-corrected chi connectivity index (χ0v) is 12.5. The SMILES string of the molecule is O=C(CC1CC2CCC(C1)N2)N(Cc1ccco1)C1CC1. The lowest BCUT2D eigenvalue weighted by molar-refractivity contribution is -0.134. The summed E-state index contributed by atoms with van der Waals surface area (Å²) in [5.41, 5.74) is 0. The van der Waals surface area contributed by atoms with Crippen molar-refractivity contribution in [1.29, 1.82) is 0 Å². The Morgan fingerprint density at radius 1 is 1.24 bits per heavy atom. The van der Waals surface area contributed by atoms with Crippen molar-refractivity contribution in [3.8, 4) is 0 Å². The largest absolute Gasteiger partial charge is 0.467 e. The first-order chi connectivity index (χ1) is 10.3. The van der Waals surface area contributed by atoms with Gasteiger partial charge in [-0.1, -0.05) is 0 Å². The molecule has 0 radical (unpaired) electrons. The molecular formula is C17H24N2O2. The quantitative estimate of drug-likeness (QED) is 0.906. The Kier molecular flexibility index (Phi) is 3.49. The van der Waals surface area contributed by atoms with Crippen molar-refractivity contribution >= 4 is 5.91 Å². The molecule has 3 aliphatic rings. The highest BCUT2D eigenvalue weighted by Crippen LogP contribution is 2.35.